The van der Waals surface area contributed by atoms with Crippen LogP contribution in [0, 0.1) is 19.7 Å². The molecule has 112 valence electrons. The molecule has 0 aromatic heterocycles. The summed E-state index contributed by atoms with van der Waals surface area (Å²) in [6.45, 7) is 3.18. The van der Waals surface area contributed by atoms with E-state index in [0.29, 0.717) is 5.56 Å². The zero-order chi connectivity index (χ0) is 15.8. The molecule has 2 aromatic carbocycles. The van der Waals surface area contributed by atoms with Crippen molar-refractivity contribution in [2.75, 3.05) is 10.5 Å². The molecule has 0 saturated carbocycles. The molecule has 2 rings (SSSR count). The lowest BCUT2D eigenvalue weighted by atomic mass is 10.2. The van der Waals surface area contributed by atoms with Crippen molar-refractivity contribution in [2.24, 2.45) is 0 Å². The topological polar surface area (TPSA) is 72.2 Å². The van der Waals surface area contributed by atoms with Crippen LogP contribution in [0.2, 0.25) is 5.02 Å². The van der Waals surface area contributed by atoms with E-state index in [4.69, 9.17) is 17.3 Å². The molecule has 2 aromatic rings. The summed E-state index contributed by atoms with van der Waals surface area (Å²) in [6, 6.07) is 6.79. The molecule has 0 spiro atoms. The lowest BCUT2D eigenvalue weighted by Crippen LogP contribution is -2.14. The monoisotopic (exact) mass is 328 g/mol. The number of hydrogen-bond donors (Lipinski definition) is 2. The van der Waals surface area contributed by atoms with Gasteiger partial charge in [-0.1, -0.05) is 17.7 Å². The maximum Gasteiger partial charge on any atom is 0.262 e. The van der Waals surface area contributed by atoms with Crippen LogP contribution >= 0.6 is 11.6 Å². The zero-order valence-electron chi connectivity index (χ0n) is 11.4. The van der Waals surface area contributed by atoms with E-state index in [-0.39, 0.29) is 26.9 Å². The van der Waals surface area contributed by atoms with Crippen LogP contribution in [0.25, 0.3) is 0 Å². The first-order chi connectivity index (χ1) is 9.72. The largest absolute Gasteiger partial charge is 0.398 e. The van der Waals surface area contributed by atoms with Crippen LogP contribution < -0.4 is 10.5 Å². The molecule has 0 atom stereocenters. The van der Waals surface area contributed by atoms with E-state index in [1.54, 1.807) is 6.92 Å². The lowest BCUT2D eigenvalue weighted by Gasteiger charge is -2.12. The van der Waals surface area contributed by atoms with Gasteiger partial charge < -0.3 is 5.73 Å². The molecule has 0 aliphatic rings. The standard InChI is InChI=1S/C14H14ClFN2O2S/c1-8-11(15)6-10(7-13(8)17)21(19,20)18-14-5-3-4-12(16)9(14)2/h3-7,18H,17H2,1-2H3. The third-order valence-electron chi connectivity index (χ3n) is 3.18. The summed E-state index contributed by atoms with van der Waals surface area (Å²) >= 11 is 5.95. The summed E-state index contributed by atoms with van der Waals surface area (Å²) in [5.41, 5.74) is 7.00. The van der Waals surface area contributed by atoms with Crippen LogP contribution in [-0.4, -0.2) is 8.42 Å². The molecule has 21 heavy (non-hydrogen) atoms. The second-order valence-corrected chi connectivity index (χ2v) is 6.73. The smallest absolute Gasteiger partial charge is 0.262 e. The average molecular weight is 329 g/mol. The number of benzene rings is 2. The van der Waals surface area contributed by atoms with Crippen molar-refractivity contribution in [2.45, 2.75) is 18.7 Å². The molecular weight excluding hydrogens is 315 g/mol. The Kier molecular flexibility index (Phi) is 4.11. The Hall–Kier alpha value is -1.79. The van der Waals surface area contributed by atoms with E-state index in [1.807, 2.05) is 0 Å². The Morgan fingerprint density at radius 2 is 1.86 bits per heavy atom. The minimum atomic E-state index is -3.90. The van der Waals surface area contributed by atoms with Gasteiger partial charge in [-0.15, -0.1) is 0 Å². The third-order valence-corrected chi connectivity index (χ3v) is 4.92. The third kappa shape index (κ3) is 3.11. The van der Waals surface area contributed by atoms with Crippen molar-refractivity contribution in [3.63, 3.8) is 0 Å². The number of anilines is 2. The van der Waals surface area contributed by atoms with Gasteiger partial charge in [0.15, 0.2) is 0 Å². The fourth-order valence-corrected chi connectivity index (χ4v) is 3.23. The van der Waals surface area contributed by atoms with E-state index in [0.717, 1.165) is 0 Å². The number of hydrogen-bond acceptors (Lipinski definition) is 3. The number of nitrogen functional groups attached to an aromatic ring is 1. The fraction of sp³-hybridized carbons (Fsp3) is 0.143. The Balaban J connectivity index is 2.46. The van der Waals surface area contributed by atoms with Crippen LogP contribution in [-0.2, 0) is 10.0 Å². The van der Waals surface area contributed by atoms with Gasteiger partial charge in [0.05, 0.1) is 10.6 Å². The molecular formula is C14H14ClFN2O2S. The number of halogens is 2. The van der Waals surface area contributed by atoms with Gasteiger partial charge in [0.2, 0.25) is 0 Å². The van der Waals surface area contributed by atoms with Gasteiger partial charge in [-0.2, -0.15) is 0 Å². The van der Waals surface area contributed by atoms with Crippen molar-refractivity contribution in [1.29, 1.82) is 0 Å². The summed E-state index contributed by atoms with van der Waals surface area (Å²) in [7, 11) is -3.90. The summed E-state index contributed by atoms with van der Waals surface area (Å²) in [6.07, 6.45) is 0. The second kappa shape index (κ2) is 5.54. The minimum absolute atomic E-state index is 0.0701. The van der Waals surface area contributed by atoms with Crippen LogP contribution in [0.3, 0.4) is 0 Å². The molecule has 0 aliphatic carbocycles. The highest BCUT2D eigenvalue weighted by molar-refractivity contribution is 7.92. The van der Waals surface area contributed by atoms with E-state index in [9.17, 15) is 12.8 Å². The summed E-state index contributed by atoms with van der Waals surface area (Å²) < 4.78 is 40.5. The second-order valence-electron chi connectivity index (χ2n) is 4.64. The summed E-state index contributed by atoms with van der Waals surface area (Å²) in [4.78, 5) is -0.0701. The molecule has 7 heteroatoms. The Bertz CT molecular complexity index is 784. The maximum absolute atomic E-state index is 13.5. The molecule has 0 unspecified atom stereocenters. The predicted octanol–water partition coefficient (Wildman–Crippen LogP) is 3.48. The Labute approximate surface area is 127 Å². The van der Waals surface area contributed by atoms with Crippen LogP contribution in [0.5, 0.6) is 0 Å². The van der Waals surface area contributed by atoms with Gasteiger partial charge in [0, 0.05) is 16.3 Å². The maximum atomic E-state index is 13.5. The molecule has 0 bridgehead atoms. The highest BCUT2D eigenvalue weighted by atomic mass is 35.5. The Morgan fingerprint density at radius 1 is 1.19 bits per heavy atom. The normalized spacial score (nSPS) is 11.4. The lowest BCUT2D eigenvalue weighted by molar-refractivity contribution is 0.600. The number of sulfonamides is 1. The van der Waals surface area contributed by atoms with Gasteiger partial charge in [0.25, 0.3) is 10.0 Å². The molecule has 0 fully saturated rings. The molecule has 0 heterocycles. The predicted molar refractivity (Wildman–Crippen MR) is 82.5 cm³/mol. The molecule has 0 radical (unpaired) electrons. The van der Waals surface area contributed by atoms with Crippen LogP contribution in [0.15, 0.2) is 35.2 Å². The van der Waals surface area contributed by atoms with Crippen molar-refractivity contribution in [1.82, 2.24) is 0 Å². The van der Waals surface area contributed by atoms with Crippen molar-refractivity contribution < 1.29 is 12.8 Å². The van der Waals surface area contributed by atoms with Gasteiger partial charge in [-0.3, -0.25) is 4.72 Å². The van der Waals surface area contributed by atoms with E-state index in [2.05, 4.69) is 4.72 Å². The highest BCUT2D eigenvalue weighted by Crippen LogP contribution is 2.28. The molecule has 3 N–H and O–H groups in total. The first kappa shape index (κ1) is 15.6. The first-order valence-corrected chi connectivity index (χ1v) is 7.92. The average Bonchev–Trinajstić information content (AvgIpc) is 2.40. The van der Waals surface area contributed by atoms with Crippen molar-refractivity contribution in [3.05, 3.63) is 52.3 Å². The van der Waals surface area contributed by atoms with Gasteiger partial charge in [-0.25, -0.2) is 12.8 Å². The van der Waals surface area contributed by atoms with E-state index in [1.165, 1.54) is 37.3 Å². The molecule has 0 saturated heterocycles. The van der Waals surface area contributed by atoms with Gasteiger partial charge in [-0.05, 0) is 43.7 Å². The minimum Gasteiger partial charge on any atom is -0.398 e. The van der Waals surface area contributed by atoms with Crippen LogP contribution in [0.1, 0.15) is 11.1 Å². The SMILES string of the molecule is Cc1c(N)cc(S(=O)(=O)Nc2cccc(F)c2C)cc1Cl. The highest BCUT2D eigenvalue weighted by Gasteiger charge is 2.18. The quantitative estimate of drug-likeness (QED) is 0.847. The number of nitrogens with two attached hydrogens (primary N) is 1. The van der Waals surface area contributed by atoms with Crippen molar-refractivity contribution in [3.8, 4) is 0 Å². The van der Waals surface area contributed by atoms with Crippen LogP contribution in [0.4, 0.5) is 15.8 Å². The number of nitrogens with one attached hydrogen (secondary N) is 1. The fourth-order valence-electron chi connectivity index (χ4n) is 1.75. The Morgan fingerprint density at radius 3 is 2.48 bits per heavy atom. The zero-order valence-corrected chi connectivity index (χ0v) is 13.0. The summed E-state index contributed by atoms with van der Waals surface area (Å²) in [5.74, 6) is -0.489. The molecule has 4 nitrogen and oxygen atoms in total. The molecule has 0 aliphatic heterocycles. The van der Waals surface area contributed by atoms with Gasteiger partial charge in [0.1, 0.15) is 5.82 Å². The molecule has 0 amide bonds. The van der Waals surface area contributed by atoms with Crippen molar-refractivity contribution >= 4 is 33.0 Å². The number of rotatable bonds is 3. The van der Waals surface area contributed by atoms with E-state index < -0.39 is 15.8 Å². The van der Waals surface area contributed by atoms with E-state index >= 15 is 0 Å². The summed E-state index contributed by atoms with van der Waals surface area (Å²) in [5, 5.41) is 0.256. The van der Waals surface area contributed by atoms with Gasteiger partial charge >= 0.3 is 0 Å². The first-order valence-electron chi connectivity index (χ1n) is 6.06.